The maximum absolute atomic E-state index is 13.8. The van der Waals surface area contributed by atoms with E-state index in [1.54, 1.807) is 12.1 Å². The van der Waals surface area contributed by atoms with Gasteiger partial charge in [-0.1, -0.05) is 6.07 Å². The lowest BCUT2D eigenvalue weighted by molar-refractivity contribution is 0.521. The normalized spacial score (nSPS) is 16.7. The highest BCUT2D eigenvalue weighted by atomic mass is 35.5. The van der Waals surface area contributed by atoms with Crippen LogP contribution in [-0.2, 0) is 19.4 Å². The average molecular weight is 346 g/mol. The van der Waals surface area contributed by atoms with Gasteiger partial charge in [-0.3, -0.25) is 4.98 Å². The first-order valence-electron chi connectivity index (χ1n) is 8.18. The van der Waals surface area contributed by atoms with Crippen LogP contribution < -0.4 is 5.32 Å². The van der Waals surface area contributed by atoms with Crippen LogP contribution in [-0.4, -0.2) is 16.1 Å². The summed E-state index contributed by atoms with van der Waals surface area (Å²) in [6, 6.07) is 11.4. The van der Waals surface area contributed by atoms with Gasteiger partial charge in [0.1, 0.15) is 5.82 Å². The average Bonchev–Trinajstić information content (AvgIpc) is 2.88. The van der Waals surface area contributed by atoms with Crippen molar-refractivity contribution in [1.82, 2.24) is 14.9 Å². The van der Waals surface area contributed by atoms with E-state index in [4.69, 9.17) is 0 Å². The van der Waals surface area contributed by atoms with Crippen LogP contribution in [0.15, 0.2) is 42.6 Å². The second-order valence-corrected chi connectivity index (χ2v) is 6.17. The van der Waals surface area contributed by atoms with E-state index >= 15 is 0 Å². The summed E-state index contributed by atoms with van der Waals surface area (Å²) in [4.78, 5) is 4.41. The Labute approximate surface area is 147 Å². The predicted molar refractivity (Wildman–Crippen MR) is 97.2 cm³/mol. The number of nitrogens with zero attached hydrogens (tertiary/aromatic N) is 2. The topological polar surface area (TPSA) is 29.9 Å². The molecule has 2 aromatic heterocycles. The fraction of sp³-hybridized carbons (Fsp3) is 0.316. The van der Waals surface area contributed by atoms with Crippen molar-refractivity contribution in [2.45, 2.75) is 32.4 Å². The molecule has 0 saturated carbocycles. The summed E-state index contributed by atoms with van der Waals surface area (Å²) >= 11 is 0. The van der Waals surface area contributed by atoms with Gasteiger partial charge in [0.2, 0.25) is 0 Å². The van der Waals surface area contributed by atoms with Crippen molar-refractivity contribution < 1.29 is 4.39 Å². The Morgan fingerprint density at radius 2 is 2.17 bits per heavy atom. The van der Waals surface area contributed by atoms with E-state index in [0.717, 1.165) is 42.5 Å². The molecule has 3 nitrogen and oxygen atoms in total. The number of pyridine rings is 1. The van der Waals surface area contributed by atoms with Gasteiger partial charge in [0, 0.05) is 60.5 Å². The molecule has 3 aromatic rings. The Morgan fingerprint density at radius 1 is 1.29 bits per heavy atom. The lowest BCUT2D eigenvalue weighted by atomic mass is 9.99. The number of hydrogen-bond donors (Lipinski definition) is 1. The largest absolute Gasteiger partial charge is 0.344 e. The molecule has 1 N–H and O–H groups in total. The van der Waals surface area contributed by atoms with Crippen molar-refractivity contribution in [2.24, 2.45) is 0 Å². The van der Waals surface area contributed by atoms with Crippen molar-refractivity contribution in [3.63, 3.8) is 0 Å². The highest BCUT2D eigenvalue weighted by molar-refractivity contribution is 5.86. The van der Waals surface area contributed by atoms with Crippen LogP contribution in [0.25, 0.3) is 10.9 Å². The molecule has 1 aromatic carbocycles. The number of nitrogens with one attached hydrogen (secondary N) is 1. The first-order valence-corrected chi connectivity index (χ1v) is 8.18. The molecular formula is C19H21ClFN3. The molecule has 4 rings (SSSR count). The standard InChI is InChI=1S/C19H20FN3.ClH/c1-13-19-16-12-14(20)5-6-17(16)23(18(19)7-10-21-13)11-8-15-4-2-3-9-22-15;/h2-6,9,12-13,21H,7-8,10-11H2,1H3;1H. The first-order chi connectivity index (χ1) is 11.2. The van der Waals surface area contributed by atoms with Crippen molar-refractivity contribution in [1.29, 1.82) is 0 Å². The Morgan fingerprint density at radius 3 is 2.96 bits per heavy atom. The molecule has 0 spiro atoms. The van der Waals surface area contributed by atoms with Gasteiger partial charge in [-0.2, -0.15) is 0 Å². The van der Waals surface area contributed by atoms with E-state index in [2.05, 4.69) is 27.9 Å². The van der Waals surface area contributed by atoms with Crippen LogP contribution >= 0.6 is 12.4 Å². The number of aromatic nitrogens is 2. The van der Waals surface area contributed by atoms with Gasteiger partial charge in [-0.05, 0) is 42.8 Å². The number of benzene rings is 1. The summed E-state index contributed by atoms with van der Waals surface area (Å²) in [5.41, 5.74) is 4.81. The van der Waals surface area contributed by atoms with Gasteiger partial charge in [0.05, 0.1) is 0 Å². The van der Waals surface area contributed by atoms with E-state index in [-0.39, 0.29) is 24.3 Å². The highest BCUT2D eigenvalue weighted by Gasteiger charge is 2.24. The molecule has 0 radical (unpaired) electrons. The molecule has 0 bridgehead atoms. The second-order valence-electron chi connectivity index (χ2n) is 6.17. The van der Waals surface area contributed by atoms with Crippen molar-refractivity contribution >= 4 is 23.3 Å². The molecular weight excluding hydrogens is 325 g/mol. The third-order valence-corrected chi connectivity index (χ3v) is 4.74. The van der Waals surface area contributed by atoms with Crippen LogP contribution in [0.2, 0.25) is 0 Å². The molecule has 1 unspecified atom stereocenters. The van der Waals surface area contributed by atoms with Crippen LogP contribution in [0.5, 0.6) is 0 Å². The third-order valence-electron chi connectivity index (χ3n) is 4.74. The predicted octanol–water partition coefficient (Wildman–Crippen LogP) is 4.05. The van der Waals surface area contributed by atoms with Gasteiger partial charge in [-0.25, -0.2) is 4.39 Å². The van der Waals surface area contributed by atoms with E-state index in [1.807, 2.05) is 24.4 Å². The Balaban J connectivity index is 0.00000169. The number of halogens is 2. The van der Waals surface area contributed by atoms with Crippen LogP contribution in [0.1, 0.15) is 29.9 Å². The molecule has 1 atom stereocenters. The fourth-order valence-corrected chi connectivity index (χ4v) is 3.70. The fourth-order valence-electron chi connectivity index (χ4n) is 3.70. The lowest BCUT2D eigenvalue weighted by Gasteiger charge is -2.23. The minimum atomic E-state index is -0.167. The van der Waals surface area contributed by atoms with Gasteiger partial charge >= 0.3 is 0 Å². The summed E-state index contributed by atoms with van der Waals surface area (Å²) in [6.07, 6.45) is 3.70. The van der Waals surface area contributed by atoms with Gasteiger partial charge in [0.25, 0.3) is 0 Å². The molecule has 0 aliphatic carbocycles. The minimum absolute atomic E-state index is 0. The SMILES string of the molecule is CC1NCCc2c1c1cc(F)ccc1n2CCc1ccccn1.Cl. The Hall–Kier alpha value is -1.91. The summed E-state index contributed by atoms with van der Waals surface area (Å²) in [7, 11) is 0. The molecule has 0 fully saturated rings. The highest BCUT2D eigenvalue weighted by Crippen LogP contribution is 2.34. The van der Waals surface area contributed by atoms with E-state index < -0.39 is 0 Å². The maximum atomic E-state index is 13.8. The molecule has 3 heterocycles. The minimum Gasteiger partial charge on any atom is -0.344 e. The monoisotopic (exact) mass is 345 g/mol. The second kappa shape index (κ2) is 6.91. The molecule has 5 heteroatoms. The quantitative estimate of drug-likeness (QED) is 0.776. The zero-order chi connectivity index (χ0) is 15.8. The number of hydrogen-bond acceptors (Lipinski definition) is 2. The molecule has 0 amide bonds. The number of rotatable bonds is 3. The zero-order valence-corrected chi connectivity index (χ0v) is 14.4. The summed E-state index contributed by atoms with van der Waals surface area (Å²) in [5.74, 6) is -0.167. The van der Waals surface area contributed by atoms with Crippen LogP contribution in [0.4, 0.5) is 4.39 Å². The molecule has 24 heavy (non-hydrogen) atoms. The summed E-state index contributed by atoms with van der Waals surface area (Å²) < 4.78 is 16.1. The van der Waals surface area contributed by atoms with E-state index in [0.29, 0.717) is 0 Å². The van der Waals surface area contributed by atoms with E-state index in [9.17, 15) is 4.39 Å². The Kier molecular flexibility index (Phi) is 4.88. The number of fused-ring (bicyclic) bond motifs is 3. The molecule has 126 valence electrons. The molecule has 1 aliphatic rings. The van der Waals surface area contributed by atoms with Crippen molar-refractivity contribution in [3.05, 3.63) is 65.4 Å². The van der Waals surface area contributed by atoms with Crippen molar-refractivity contribution in [3.8, 4) is 0 Å². The maximum Gasteiger partial charge on any atom is 0.123 e. The van der Waals surface area contributed by atoms with Gasteiger partial charge in [-0.15, -0.1) is 12.4 Å². The third kappa shape index (κ3) is 2.92. The van der Waals surface area contributed by atoms with Gasteiger partial charge in [0.15, 0.2) is 0 Å². The Bertz CT molecular complexity index is 845. The first kappa shape index (κ1) is 16.9. The lowest BCUT2D eigenvalue weighted by Crippen LogP contribution is -2.28. The summed E-state index contributed by atoms with van der Waals surface area (Å²) in [6.45, 7) is 4.00. The van der Waals surface area contributed by atoms with Gasteiger partial charge < -0.3 is 9.88 Å². The van der Waals surface area contributed by atoms with E-state index in [1.165, 1.54) is 11.3 Å². The summed E-state index contributed by atoms with van der Waals surface area (Å²) in [5, 5.41) is 4.53. The number of aryl methyl sites for hydroxylation is 2. The molecule has 0 saturated heterocycles. The molecule has 1 aliphatic heterocycles. The van der Waals surface area contributed by atoms with Crippen LogP contribution in [0, 0.1) is 5.82 Å². The van der Waals surface area contributed by atoms with Crippen LogP contribution in [0.3, 0.4) is 0 Å². The smallest absolute Gasteiger partial charge is 0.123 e. The van der Waals surface area contributed by atoms with Crippen molar-refractivity contribution in [2.75, 3.05) is 6.54 Å². The zero-order valence-electron chi connectivity index (χ0n) is 13.6.